The first-order valence-corrected chi connectivity index (χ1v) is 6.88. The van der Waals surface area contributed by atoms with Crippen molar-refractivity contribution in [1.29, 1.82) is 0 Å². The molecule has 2 heterocycles. The van der Waals surface area contributed by atoms with Crippen LogP contribution < -0.4 is 10.1 Å². The number of hydrogen-bond acceptors (Lipinski definition) is 5. The van der Waals surface area contributed by atoms with Gasteiger partial charge in [-0.3, -0.25) is 4.90 Å². The van der Waals surface area contributed by atoms with Gasteiger partial charge < -0.3 is 15.2 Å². The molecule has 1 saturated heterocycles. The van der Waals surface area contributed by atoms with Crippen molar-refractivity contribution in [2.45, 2.75) is 25.4 Å². The lowest BCUT2D eigenvalue weighted by Gasteiger charge is -2.25. The molecule has 0 amide bonds. The Morgan fingerprint density at radius 1 is 1.58 bits per heavy atom. The molecular formula is C14H23N3O2. The molecule has 0 bridgehead atoms. The molecule has 1 fully saturated rings. The first-order valence-electron chi connectivity index (χ1n) is 6.88. The van der Waals surface area contributed by atoms with Crippen LogP contribution in [0.25, 0.3) is 0 Å². The molecule has 1 aromatic heterocycles. The number of nitrogens with one attached hydrogen (secondary N) is 1. The third-order valence-electron chi connectivity index (χ3n) is 3.49. The van der Waals surface area contributed by atoms with Crippen LogP contribution in [0.2, 0.25) is 0 Å². The van der Waals surface area contributed by atoms with Gasteiger partial charge in [-0.15, -0.1) is 0 Å². The first-order chi connectivity index (χ1) is 9.33. The summed E-state index contributed by atoms with van der Waals surface area (Å²) in [5, 5.41) is 12.7. The van der Waals surface area contributed by atoms with Crippen LogP contribution in [0.1, 0.15) is 18.4 Å². The topological polar surface area (TPSA) is 57.6 Å². The minimum Gasteiger partial charge on any atom is -0.481 e. The predicted molar refractivity (Wildman–Crippen MR) is 74.2 cm³/mol. The van der Waals surface area contributed by atoms with Crippen molar-refractivity contribution in [2.24, 2.45) is 0 Å². The summed E-state index contributed by atoms with van der Waals surface area (Å²) in [5.41, 5.74) is 1.07. The predicted octanol–water partition coefficient (Wildman–Crippen LogP) is 0.636. The molecule has 19 heavy (non-hydrogen) atoms. The molecule has 5 heteroatoms. The van der Waals surface area contributed by atoms with Crippen molar-refractivity contribution in [1.82, 2.24) is 15.2 Å². The van der Waals surface area contributed by atoms with E-state index in [4.69, 9.17) is 4.74 Å². The number of nitrogens with zero attached hydrogens (tertiary/aromatic N) is 2. The second-order valence-electron chi connectivity index (χ2n) is 4.92. The lowest BCUT2D eigenvalue weighted by atomic mass is 10.2. The van der Waals surface area contributed by atoms with Gasteiger partial charge in [-0.25, -0.2) is 4.98 Å². The highest BCUT2D eigenvalue weighted by atomic mass is 16.5. The zero-order valence-electron chi connectivity index (χ0n) is 11.5. The molecule has 2 N–H and O–H groups in total. The van der Waals surface area contributed by atoms with Crippen molar-refractivity contribution in [3.8, 4) is 5.88 Å². The maximum Gasteiger partial charge on any atom is 0.217 e. The van der Waals surface area contributed by atoms with Gasteiger partial charge in [0.2, 0.25) is 5.88 Å². The van der Waals surface area contributed by atoms with Crippen molar-refractivity contribution >= 4 is 0 Å². The van der Waals surface area contributed by atoms with E-state index in [2.05, 4.69) is 15.2 Å². The molecule has 0 radical (unpaired) electrons. The van der Waals surface area contributed by atoms with Crippen LogP contribution in [0.3, 0.4) is 0 Å². The summed E-state index contributed by atoms with van der Waals surface area (Å²) in [6.07, 6.45) is 4.19. The number of methoxy groups -OCH3 is 1. The Labute approximate surface area is 114 Å². The SMILES string of the molecule is COc1ncccc1CN(CCO)CC1CCCN1. The van der Waals surface area contributed by atoms with Gasteiger partial charge in [-0.2, -0.15) is 0 Å². The number of hydrogen-bond donors (Lipinski definition) is 2. The fraction of sp³-hybridized carbons (Fsp3) is 0.643. The van der Waals surface area contributed by atoms with E-state index in [1.807, 2.05) is 12.1 Å². The van der Waals surface area contributed by atoms with E-state index in [0.717, 1.165) is 25.2 Å². The largest absolute Gasteiger partial charge is 0.481 e. The van der Waals surface area contributed by atoms with Crippen molar-refractivity contribution < 1.29 is 9.84 Å². The minimum atomic E-state index is 0.176. The highest BCUT2D eigenvalue weighted by Gasteiger charge is 2.18. The molecule has 1 aromatic rings. The van der Waals surface area contributed by atoms with E-state index in [0.29, 0.717) is 18.5 Å². The fourth-order valence-electron chi connectivity index (χ4n) is 2.57. The van der Waals surface area contributed by atoms with Crippen LogP contribution in [-0.4, -0.2) is 54.4 Å². The number of aliphatic hydroxyl groups is 1. The van der Waals surface area contributed by atoms with Crippen molar-refractivity contribution in [3.63, 3.8) is 0 Å². The summed E-state index contributed by atoms with van der Waals surface area (Å²) in [7, 11) is 1.64. The van der Waals surface area contributed by atoms with E-state index in [9.17, 15) is 5.11 Å². The molecule has 0 saturated carbocycles. The molecule has 1 atom stereocenters. The van der Waals surface area contributed by atoms with Gasteiger partial charge in [0.15, 0.2) is 0 Å². The van der Waals surface area contributed by atoms with Crippen LogP contribution in [0.4, 0.5) is 0 Å². The molecule has 1 aliphatic heterocycles. The standard InChI is InChI=1S/C14H23N3O2/c1-19-14-12(4-2-7-16-14)10-17(8-9-18)11-13-5-3-6-15-13/h2,4,7,13,15,18H,3,5-6,8-11H2,1H3. The summed E-state index contributed by atoms with van der Waals surface area (Å²) < 4.78 is 5.28. The Hall–Kier alpha value is -1.17. The van der Waals surface area contributed by atoms with Crippen LogP contribution in [0, 0.1) is 0 Å². The summed E-state index contributed by atoms with van der Waals surface area (Å²) >= 11 is 0. The Bertz CT molecular complexity index is 381. The number of pyridine rings is 1. The molecular weight excluding hydrogens is 242 g/mol. The van der Waals surface area contributed by atoms with Gasteiger partial charge in [0, 0.05) is 37.4 Å². The zero-order valence-corrected chi connectivity index (χ0v) is 11.5. The van der Waals surface area contributed by atoms with Crippen molar-refractivity contribution in [2.75, 3.05) is 33.4 Å². The van der Waals surface area contributed by atoms with E-state index in [1.54, 1.807) is 13.3 Å². The maximum atomic E-state index is 9.21. The molecule has 106 valence electrons. The monoisotopic (exact) mass is 265 g/mol. The molecule has 1 unspecified atom stereocenters. The Kier molecular flexibility index (Phi) is 5.57. The summed E-state index contributed by atoms with van der Waals surface area (Å²) in [4.78, 5) is 6.47. The third kappa shape index (κ3) is 4.16. The van der Waals surface area contributed by atoms with Gasteiger partial charge in [-0.05, 0) is 25.5 Å². The van der Waals surface area contributed by atoms with Gasteiger partial charge in [-0.1, -0.05) is 6.07 Å². The maximum absolute atomic E-state index is 9.21. The van der Waals surface area contributed by atoms with Gasteiger partial charge in [0.25, 0.3) is 0 Å². The molecule has 1 aliphatic rings. The Morgan fingerprint density at radius 3 is 3.16 bits per heavy atom. The third-order valence-corrected chi connectivity index (χ3v) is 3.49. The van der Waals surface area contributed by atoms with Crippen LogP contribution in [0.15, 0.2) is 18.3 Å². The first kappa shape index (κ1) is 14.2. The average molecular weight is 265 g/mol. The lowest BCUT2D eigenvalue weighted by Crippen LogP contribution is -2.38. The van der Waals surface area contributed by atoms with Crippen molar-refractivity contribution in [3.05, 3.63) is 23.9 Å². The normalized spacial score (nSPS) is 19.0. The quantitative estimate of drug-likeness (QED) is 0.757. The second kappa shape index (κ2) is 7.43. The fourth-order valence-corrected chi connectivity index (χ4v) is 2.57. The molecule has 0 spiro atoms. The second-order valence-corrected chi connectivity index (χ2v) is 4.92. The Morgan fingerprint density at radius 2 is 2.47 bits per heavy atom. The molecule has 2 rings (SSSR count). The molecule has 0 aromatic carbocycles. The molecule has 0 aliphatic carbocycles. The van der Waals surface area contributed by atoms with E-state index in [1.165, 1.54) is 12.8 Å². The zero-order chi connectivity index (χ0) is 13.5. The Balaban J connectivity index is 1.98. The summed E-state index contributed by atoms with van der Waals surface area (Å²) in [6, 6.07) is 4.48. The van der Waals surface area contributed by atoms with E-state index >= 15 is 0 Å². The van der Waals surface area contributed by atoms with Crippen LogP contribution in [0.5, 0.6) is 5.88 Å². The van der Waals surface area contributed by atoms with Gasteiger partial charge in [0.1, 0.15) is 0 Å². The lowest BCUT2D eigenvalue weighted by molar-refractivity contribution is 0.177. The average Bonchev–Trinajstić information content (AvgIpc) is 2.92. The number of aliphatic hydroxyl groups excluding tert-OH is 1. The van der Waals surface area contributed by atoms with Crippen LogP contribution >= 0.6 is 0 Å². The molecule has 5 nitrogen and oxygen atoms in total. The van der Waals surface area contributed by atoms with E-state index < -0.39 is 0 Å². The summed E-state index contributed by atoms with van der Waals surface area (Å²) in [5.74, 6) is 0.671. The highest BCUT2D eigenvalue weighted by molar-refractivity contribution is 5.25. The summed E-state index contributed by atoms with van der Waals surface area (Å²) in [6.45, 7) is 3.67. The minimum absolute atomic E-state index is 0.176. The number of aromatic nitrogens is 1. The smallest absolute Gasteiger partial charge is 0.217 e. The number of rotatable bonds is 7. The van der Waals surface area contributed by atoms with Gasteiger partial charge >= 0.3 is 0 Å². The highest BCUT2D eigenvalue weighted by Crippen LogP contribution is 2.17. The number of ether oxygens (including phenoxy) is 1. The van der Waals surface area contributed by atoms with Gasteiger partial charge in [0.05, 0.1) is 13.7 Å². The van der Waals surface area contributed by atoms with E-state index in [-0.39, 0.29) is 6.61 Å². The van der Waals surface area contributed by atoms with Crippen LogP contribution in [-0.2, 0) is 6.54 Å².